The van der Waals surface area contributed by atoms with Gasteiger partial charge in [0.05, 0.1) is 17.9 Å². The molecular weight excluding hydrogens is 424 g/mol. The number of carbonyl (C=O) groups excluding carboxylic acids is 1. The van der Waals surface area contributed by atoms with E-state index in [0.717, 1.165) is 27.4 Å². The van der Waals surface area contributed by atoms with Gasteiger partial charge in [-0.05, 0) is 68.4 Å². The third-order valence-corrected chi connectivity index (χ3v) is 7.28. The molecule has 0 radical (unpaired) electrons. The highest BCUT2D eigenvalue weighted by atomic mass is 32.1. The second kappa shape index (κ2) is 8.96. The Morgan fingerprint density at radius 3 is 2.81 bits per heavy atom. The monoisotopic (exact) mass is 452 g/mol. The summed E-state index contributed by atoms with van der Waals surface area (Å²) < 4.78 is 4.92. The molecule has 0 amide bonds. The largest absolute Gasteiger partial charge is 0.469 e. The van der Waals surface area contributed by atoms with Crippen molar-refractivity contribution in [2.75, 3.05) is 12.4 Å². The second-order valence-corrected chi connectivity index (χ2v) is 9.68. The molecule has 3 atom stereocenters. The molecule has 2 heterocycles. The Kier molecular flexibility index (Phi) is 6.26. The number of methoxy groups -OCH3 is 1. The van der Waals surface area contributed by atoms with Crippen LogP contribution in [0.15, 0.2) is 36.7 Å². The number of benzene rings is 1. The van der Waals surface area contributed by atoms with Crippen LogP contribution < -0.4 is 5.32 Å². The number of hydrogen-bond acceptors (Lipinski definition) is 8. The molecular formula is C24H28N4O3S. The number of hydrogen-bond donors (Lipinski definition) is 2. The van der Waals surface area contributed by atoms with Crippen molar-refractivity contribution in [1.82, 2.24) is 15.0 Å². The van der Waals surface area contributed by atoms with Crippen LogP contribution in [0.3, 0.4) is 0 Å². The van der Waals surface area contributed by atoms with Crippen molar-refractivity contribution in [3.8, 4) is 10.4 Å². The number of aryl methyl sites for hydroxylation is 2. The molecule has 1 saturated carbocycles. The molecule has 2 N–H and O–H groups in total. The summed E-state index contributed by atoms with van der Waals surface area (Å²) in [6, 6.07) is 8.04. The van der Waals surface area contributed by atoms with Gasteiger partial charge < -0.3 is 15.2 Å². The molecule has 1 aliphatic carbocycles. The summed E-state index contributed by atoms with van der Waals surface area (Å²) in [5, 5.41) is 15.3. The molecule has 0 spiro atoms. The number of thiazole rings is 1. The van der Waals surface area contributed by atoms with Crippen molar-refractivity contribution in [1.29, 1.82) is 0 Å². The van der Waals surface area contributed by atoms with E-state index in [9.17, 15) is 9.90 Å². The summed E-state index contributed by atoms with van der Waals surface area (Å²) in [4.78, 5) is 26.2. The van der Waals surface area contributed by atoms with Crippen molar-refractivity contribution >= 4 is 28.9 Å². The van der Waals surface area contributed by atoms with Gasteiger partial charge in [-0.2, -0.15) is 0 Å². The lowest BCUT2D eigenvalue weighted by Crippen LogP contribution is -2.39. The second-order valence-electron chi connectivity index (χ2n) is 8.65. The Labute approximate surface area is 191 Å². The zero-order valence-corrected chi connectivity index (χ0v) is 19.6. The molecule has 1 aromatic carbocycles. The molecule has 8 heteroatoms. The van der Waals surface area contributed by atoms with E-state index in [1.807, 2.05) is 45.2 Å². The Morgan fingerprint density at radius 1 is 1.28 bits per heavy atom. The molecule has 0 bridgehead atoms. The van der Waals surface area contributed by atoms with Gasteiger partial charge in [-0.3, -0.25) is 4.79 Å². The van der Waals surface area contributed by atoms with Gasteiger partial charge in [0.1, 0.15) is 10.6 Å². The molecule has 2 aromatic heterocycles. The number of aliphatic hydroxyl groups is 1. The maximum atomic E-state index is 12.0. The Morgan fingerprint density at radius 2 is 2.09 bits per heavy atom. The van der Waals surface area contributed by atoms with Crippen LogP contribution in [0.25, 0.3) is 10.4 Å². The Bertz CT molecular complexity index is 1130. The van der Waals surface area contributed by atoms with Crippen molar-refractivity contribution in [2.24, 2.45) is 11.8 Å². The highest BCUT2D eigenvalue weighted by molar-refractivity contribution is 7.15. The molecule has 0 saturated heterocycles. The van der Waals surface area contributed by atoms with E-state index >= 15 is 0 Å². The lowest BCUT2D eigenvalue weighted by molar-refractivity contribution is -0.151. The van der Waals surface area contributed by atoms with Crippen molar-refractivity contribution in [3.05, 3.63) is 52.9 Å². The number of esters is 1. The predicted molar refractivity (Wildman–Crippen MR) is 125 cm³/mol. The predicted octanol–water partition coefficient (Wildman–Crippen LogP) is 4.76. The molecule has 4 rings (SSSR count). The van der Waals surface area contributed by atoms with Crippen LogP contribution in [-0.2, 0) is 15.1 Å². The van der Waals surface area contributed by atoms with Crippen molar-refractivity contribution in [2.45, 2.75) is 45.6 Å². The van der Waals surface area contributed by atoms with E-state index in [1.54, 1.807) is 6.20 Å². The first-order valence-electron chi connectivity index (χ1n) is 10.7. The van der Waals surface area contributed by atoms with E-state index in [4.69, 9.17) is 4.74 Å². The number of nitrogens with one attached hydrogen (secondary N) is 1. The molecule has 1 fully saturated rings. The fraction of sp³-hybridized carbons (Fsp3) is 0.417. The third kappa shape index (κ3) is 4.66. The zero-order chi connectivity index (χ0) is 22.9. The van der Waals surface area contributed by atoms with Crippen LogP contribution in [0.1, 0.15) is 42.5 Å². The molecule has 7 nitrogen and oxygen atoms in total. The van der Waals surface area contributed by atoms with Crippen LogP contribution in [0.4, 0.5) is 11.6 Å². The smallest absolute Gasteiger partial charge is 0.308 e. The number of nitrogens with zero attached hydrogens (tertiary/aromatic N) is 3. The highest BCUT2D eigenvalue weighted by Crippen LogP contribution is 2.45. The zero-order valence-electron chi connectivity index (χ0n) is 18.8. The van der Waals surface area contributed by atoms with Gasteiger partial charge in [0.25, 0.3) is 0 Å². The minimum Gasteiger partial charge on any atom is -0.469 e. The molecule has 168 valence electrons. The number of rotatable bonds is 5. The Hall–Kier alpha value is -2.84. The number of carbonyl (C=O) groups is 1. The van der Waals surface area contributed by atoms with E-state index in [2.05, 4.69) is 26.3 Å². The maximum absolute atomic E-state index is 12.0. The van der Waals surface area contributed by atoms with Gasteiger partial charge in [0.15, 0.2) is 0 Å². The summed E-state index contributed by atoms with van der Waals surface area (Å²) in [5.41, 5.74) is 2.88. The normalized spacial score (nSPS) is 23.0. The molecule has 0 aliphatic heterocycles. The standard InChI is InChI=1S/C24H28N4O3S/c1-14-9-17(11-18(10-14)28-23-25-8-6-16(3)27-23)20-13-26-22(32-20)24(30)7-5-19(15(2)12-24)21(29)31-4/h6,8-11,13,15,19,30H,5,7,12H2,1-4H3,(H,25,27,28). The van der Waals surface area contributed by atoms with Gasteiger partial charge in [-0.1, -0.05) is 13.0 Å². The first-order chi connectivity index (χ1) is 15.3. The topological polar surface area (TPSA) is 97.2 Å². The van der Waals surface area contributed by atoms with E-state index in [-0.39, 0.29) is 17.8 Å². The first kappa shape index (κ1) is 22.4. The maximum Gasteiger partial charge on any atom is 0.308 e. The van der Waals surface area contributed by atoms with Crippen LogP contribution >= 0.6 is 11.3 Å². The number of ether oxygens (including phenoxy) is 1. The molecule has 1 aliphatic rings. The summed E-state index contributed by atoms with van der Waals surface area (Å²) in [7, 11) is 1.42. The van der Waals surface area contributed by atoms with E-state index < -0.39 is 5.60 Å². The lowest BCUT2D eigenvalue weighted by Gasteiger charge is -2.37. The van der Waals surface area contributed by atoms with Crippen LogP contribution in [-0.4, -0.2) is 33.1 Å². The summed E-state index contributed by atoms with van der Waals surface area (Å²) >= 11 is 1.50. The lowest BCUT2D eigenvalue weighted by atomic mass is 9.72. The van der Waals surface area contributed by atoms with Crippen LogP contribution in [0, 0.1) is 25.7 Å². The van der Waals surface area contributed by atoms with Crippen molar-refractivity contribution in [3.63, 3.8) is 0 Å². The van der Waals surface area contributed by atoms with Crippen molar-refractivity contribution < 1.29 is 14.6 Å². The number of anilines is 2. The van der Waals surface area contributed by atoms with Gasteiger partial charge in [0, 0.05) is 23.8 Å². The molecule has 3 aromatic rings. The van der Waals surface area contributed by atoms with Crippen LogP contribution in [0.2, 0.25) is 0 Å². The average Bonchev–Trinajstić information content (AvgIpc) is 3.24. The van der Waals surface area contributed by atoms with Crippen LogP contribution in [0.5, 0.6) is 0 Å². The Balaban J connectivity index is 1.56. The third-order valence-electron chi connectivity index (χ3n) is 6.04. The van der Waals surface area contributed by atoms with Gasteiger partial charge in [-0.15, -0.1) is 11.3 Å². The average molecular weight is 453 g/mol. The fourth-order valence-corrected chi connectivity index (χ4v) is 5.44. The van der Waals surface area contributed by atoms with E-state index in [1.165, 1.54) is 18.4 Å². The van der Waals surface area contributed by atoms with E-state index in [0.29, 0.717) is 30.2 Å². The molecule has 32 heavy (non-hydrogen) atoms. The SMILES string of the molecule is COC(=O)C1CCC(O)(c2ncc(-c3cc(C)cc(Nc4nccc(C)n4)c3)s2)CC1C. The van der Waals surface area contributed by atoms with Gasteiger partial charge in [-0.25, -0.2) is 15.0 Å². The fourth-order valence-electron chi connectivity index (χ4n) is 4.41. The summed E-state index contributed by atoms with van der Waals surface area (Å²) in [6.07, 6.45) is 5.12. The minimum absolute atomic E-state index is 0.0256. The number of aromatic nitrogens is 3. The quantitative estimate of drug-likeness (QED) is 0.539. The van der Waals surface area contributed by atoms with Gasteiger partial charge >= 0.3 is 5.97 Å². The summed E-state index contributed by atoms with van der Waals surface area (Å²) in [5.74, 6) is 0.209. The summed E-state index contributed by atoms with van der Waals surface area (Å²) in [6.45, 7) is 5.96. The minimum atomic E-state index is -1.02. The molecule has 3 unspecified atom stereocenters. The first-order valence-corrected chi connectivity index (χ1v) is 11.5. The highest BCUT2D eigenvalue weighted by Gasteiger charge is 2.43. The van der Waals surface area contributed by atoms with Gasteiger partial charge in [0.2, 0.25) is 5.95 Å².